The minimum atomic E-state index is -4.28. The Kier molecular flexibility index (Phi) is 9.91. The summed E-state index contributed by atoms with van der Waals surface area (Å²) in [7, 11) is -4.28. The zero-order valence-electron chi connectivity index (χ0n) is 23.2. The van der Waals surface area contributed by atoms with Gasteiger partial charge in [-0.1, -0.05) is 86.1 Å². The summed E-state index contributed by atoms with van der Waals surface area (Å²) in [6.07, 6.45) is 3.99. The zero-order chi connectivity index (χ0) is 29.2. The first-order valence-corrected chi connectivity index (χ1v) is 15.0. The molecule has 2 N–H and O–H groups in total. The van der Waals surface area contributed by atoms with E-state index in [2.05, 4.69) is 21.9 Å². The van der Waals surface area contributed by atoms with Gasteiger partial charge in [0.2, 0.25) is 0 Å². The Morgan fingerprint density at radius 1 is 0.927 bits per heavy atom. The van der Waals surface area contributed by atoms with Gasteiger partial charge in [-0.25, -0.2) is 27.7 Å². The number of benzene rings is 3. The van der Waals surface area contributed by atoms with Crippen LogP contribution in [-0.2, 0) is 34.3 Å². The SMILES string of the molecule is CCCCc1ncc(C(=O)OCC)n1Cc1ccc(-c2ccccc2)c(S(=O)(=O)NC(=O)NCc2ccccc2)c1. The van der Waals surface area contributed by atoms with E-state index < -0.39 is 22.0 Å². The first kappa shape index (κ1) is 29.5. The fourth-order valence-electron chi connectivity index (χ4n) is 4.41. The highest BCUT2D eigenvalue weighted by molar-refractivity contribution is 7.90. The standard InChI is InChI=1S/C31H34N4O5S/c1-3-5-16-29-32-21-27(30(36)40-4-2)35(29)22-24-17-18-26(25-14-10-7-11-15-25)28(19-24)41(38,39)34-31(37)33-20-23-12-8-6-9-13-23/h6-15,17-19,21H,3-5,16,20,22H2,1-2H3,(H2,33,34,37). The van der Waals surface area contributed by atoms with Crippen LogP contribution in [0, 0.1) is 0 Å². The van der Waals surface area contributed by atoms with Crippen molar-refractivity contribution in [2.45, 2.75) is 51.1 Å². The maximum absolute atomic E-state index is 13.6. The highest BCUT2D eigenvalue weighted by atomic mass is 32.2. The summed E-state index contributed by atoms with van der Waals surface area (Å²) in [5.74, 6) is 0.220. The van der Waals surface area contributed by atoms with Crippen molar-refractivity contribution in [2.75, 3.05) is 6.61 Å². The van der Waals surface area contributed by atoms with E-state index in [1.54, 1.807) is 29.7 Å². The lowest BCUT2D eigenvalue weighted by molar-refractivity contribution is 0.0514. The minimum Gasteiger partial charge on any atom is -0.461 e. The number of aromatic nitrogens is 2. The number of rotatable bonds is 12. The predicted octanol–water partition coefficient (Wildman–Crippen LogP) is 5.31. The van der Waals surface area contributed by atoms with Gasteiger partial charge in [0, 0.05) is 25.1 Å². The number of esters is 1. The van der Waals surface area contributed by atoms with Crippen molar-refractivity contribution in [2.24, 2.45) is 0 Å². The predicted molar refractivity (Wildman–Crippen MR) is 157 cm³/mol. The molecule has 0 radical (unpaired) electrons. The number of unbranched alkanes of at least 4 members (excludes halogenated alkanes) is 1. The summed E-state index contributed by atoms with van der Waals surface area (Å²) < 4.78 is 36.4. The van der Waals surface area contributed by atoms with Gasteiger partial charge >= 0.3 is 12.0 Å². The molecule has 3 aromatic carbocycles. The normalized spacial score (nSPS) is 11.2. The molecule has 0 saturated carbocycles. The Bertz CT molecular complexity index is 1590. The van der Waals surface area contributed by atoms with Crippen molar-refractivity contribution in [1.82, 2.24) is 19.6 Å². The fraction of sp³-hybridized carbons (Fsp3) is 0.258. The summed E-state index contributed by atoms with van der Waals surface area (Å²) >= 11 is 0. The molecule has 4 rings (SSSR count). The van der Waals surface area contributed by atoms with E-state index in [4.69, 9.17) is 4.74 Å². The molecule has 1 aromatic heterocycles. The van der Waals surface area contributed by atoms with Gasteiger partial charge in [0.1, 0.15) is 11.5 Å². The van der Waals surface area contributed by atoms with Crippen molar-refractivity contribution in [3.8, 4) is 11.1 Å². The molecular weight excluding hydrogens is 540 g/mol. The molecule has 0 aliphatic rings. The van der Waals surface area contributed by atoms with Crippen molar-refractivity contribution >= 4 is 22.0 Å². The Morgan fingerprint density at radius 3 is 2.32 bits per heavy atom. The lowest BCUT2D eigenvalue weighted by Gasteiger charge is -2.16. The number of hydrogen-bond acceptors (Lipinski definition) is 6. The number of carbonyl (C=O) groups excluding carboxylic acids is 2. The molecule has 214 valence electrons. The van der Waals surface area contributed by atoms with Crippen molar-refractivity contribution < 1.29 is 22.7 Å². The molecule has 0 spiro atoms. The molecule has 0 atom stereocenters. The largest absolute Gasteiger partial charge is 0.461 e. The van der Waals surface area contributed by atoms with Crippen LogP contribution in [0.4, 0.5) is 4.79 Å². The first-order valence-electron chi connectivity index (χ1n) is 13.6. The van der Waals surface area contributed by atoms with E-state index in [1.807, 2.05) is 54.6 Å². The van der Waals surface area contributed by atoms with Gasteiger partial charge < -0.3 is 14.6 Å². The van der Waals surface area contributed by atoms with Crippen LogP contribution in [0.3, 0.4) is 0 Å². The van der Waals surface area contributed by atoms with Crippen LogP contribution in [0.5, 0.6) is 0 Å². The van der Waals surface area contributed by atoms with E-state index in [-0.39, 0.29) is 24.6 Å². The van der Waals surface area contributed by atoms with Gasteiger partial charge in [-0.2, -0.15) is 0 Å². The van der Waals surface area contributed by atoms with Gasteiger partial charge in [-0.05, 0) is 36.1 Å². The van der Waals surface area contributed by atoms with Crippen molar-refractivity contribution in [1.29, 1.82) is 0 Å². The van der Waals surface area contributed by atoms with E-state index in [1.165, 1.54) is 12.3 Å². The number of imidazole rings is 1. The Balaban J connectivity index is 1.68. The molecule has 0 aliphatic heterocycles. The van der Waals surface area contributed by atoms with Crippen LogP contribution in [-0.4, -0.2) is 36.6 Å². The number of nitrogens with one attached hydrogen (secondary N) is 2. The Hall–Kier alpha value is -4.44. The van der Waals surface area contributed by atoms with E-state index >= 15 is 0 Å². The second kappa shape index (κ2) is 13.8. The third-order valence-electron chi connectivity index (χ3n) is 6.46. The monoisotopic (exact) mass is 574 g/mol. The molecular formula is C31H34N4O5S. The second-order valence-electron chi connectivity index (χ2n) is 9.44. The molecule has 4 aromatic rings. The van der Waals surface area contributed by atoms with E-state index in [0.717, 1.165) is 18.4 Å². The maximum Gasteiger partial charge on any atom is 0.356 e. The van der Waals surface area contributed by atoms with Gasteiger partial charge in [0.05, 0.1) is 17.7 Å². The Labute approximate surface area is 240 Å². The number of urea groups is 1. The molecule has 41 heavy (non-hydrogen) atoms. The number of nitrogens with zero attached hydrogens (tertiary/aromatic N) is 2. The van der Waals surface area contributed by atoms with Gasteiger partial charge in [-0.15, -0.1) is 0 Å². The minimum absolute atomic E-state index is 0.0519. The molecule has 9 nitrogen and oxygen atoms in total. The van der Waals surface area contributed by atoms with Crippen LogP contribution in [0.15, 0.2) is 90.0 Å². The molecule has 0 fully saturated rings. The van der Waals surface area contributed by atoms with Crippen LogP contribution >= 0.6 is 0 Å². The number of hydrogen-bond donors (Lipinski definition) is 2. The maximum atomic E-state index is 13.6. The zero-order valence-corrected chi connectivity index (χ0v) is 24.0. The summed E-state index contributed by atoms with van der Waals surface area (Å²) in [6, 6.07) is 22.5. The number of amides is 2. The van der Waals surface area contributed by atoms with Crippen LogP contribution in [0.2, 0.25) is 0 Å². The quantitative estimate of drug-likeness (QED) is 0.222. The molecule has 2 amide bonds. The summed E-state index contributed by atoms with van der Waals surface area (Å²) in [6.45, 7) is 4.40. The van der Waals surface area contributed by atoms with Crippen molar-refractivity contribution in [3.63, 3.8) is 0 Å². The number of aryl methyl sites for hydroxylation is 1. The highest BCUT2D eigenvalue weighted by Crippen LogP contribution is 2.29. The number of carbonyl (C=O) groups is 2. The topological polar surface area (TPSA) is 119 Å². The van der Waals surface area contributed by atoms with Gasteiger partial charge in [0.25, 0.3) is 10.0 Å². The molecule has 0 unspecified atom stereocenters. The van der Waals surface area contributed by atoms with Crippen LogP contribution < -0.4 is 10.0 Å². The average Bonchev–Trinajstić information content (AvgIpc) is 3.38. The van der Waals surface area contributed by atoms with Crippen LogP contribution in [0.25, 0.3) is 11.1 Å². The first-order chi connectivity index (χ1) is 19.8. The lowest BCUT2D eigenvalue weighted by Crippen LogP contribution is -2.39. The summed E-state index contributed by atoms with van der Waals surface area (Å²) in [5, 5.41) is 2.60. The number of sulfonamides is 1. The summed E-state index contributed by atoms with van der Waals surface area (Å²) in [4.78, 5) is 29.7. The lowest BCUT2D eigenvalue weighted by atomic mass is 10.0. The van der Waals surface area contributed by atoms with Crippen LogP contribution in [0.1, 0.15) is 54.1 Å². The molecule has 1 heterocycles. The third-order valence-corrected chi connectivity index (χ3v) is 7.83. The van der Waals surface area contributed by atoms with E-state index in [0.29, 0.717) is 34.6 Å². The molecule has 0 saturated heterocycles. The number of ether oxygens (including phenoxy) is 1. The second-order valence-corrected chi connectivity index (χ2v) is 11.1. The molecule has 0 aliphatic carbocycles. The molecule has 10 heteroatoms. The molecule has 0 bridgehead atoms. The Morgan fingerprint density at radius 2 is 1.63 bits per heavy atom. The van der Waals surface area contributed by atoms with Gasteiger partial charge in [0.15, 0.2) is 0 Å². The highest BCUT2D eigenvalue weighted by Gasteiger charge is 2.24. The third kappa shape index (κ3) is 7.61. The van der Waals surface area contributed by atoms with Crippen molar-refractivity contribution in [3.05, 3.63) is 108 Å². The smallest absolute Gasteiger partial charge is 0.356 e. The van der Waals surface area contributed by atoms with Gasteiger partial charge in [-0.3, -0.25) is 0 Å². The fourth-order valence-corrected chi connectivity index (χ4v) is 5.62. The average molecular weight is 575 g/mol. The van der Waals surface area contributed by atoms with E-state index in [9.17, 15) is 18.0 Å². The summed E-state index contributed by atoms with van der Waals surface area (Å²) in [5.41, 5.74) is 2.88.